The molecule has 0 amide bonds. The van der Waals surface area contributed by atoms with Crippen LogP contribution in [0.25, 0.3) is 6.08 Å². The van der Waals surface area contributed by atoms with Gasteiger partial charge >= 0.3 is 5.97 Å². The van der Waals surface area contributed by atoms with Gasteiger partial charge < -0.3 is 75.1 Å². The van der Waals surface area contributed by atoms with Gasteiger partial charge in [0.15, 0.2) is 28.6 Å². The van der Waals surface area contributed by atoms with Crippen LogP contribution in [0.15, 0.2) is 42.5 Å². The van der Waals surface area contributed by atoms with Crippen LogP contribution >= 0.6 is 0 Å². The van der Waals surface area contributed by atoms with Crippen LogP contribution in [0.4, 0.5) is 0 Å². The molecule has 4 rings (SSSR count). The number of hydrogen-bond acceptors (Lipinski definition) is 16. The molecule has 2 aliphatic rings. The second-order valence-corrected chi connectivity index (χ2v) is 11.3. The van der Waals surface area contributed by atoms with Crippen molar-refractivity contribution in [2.75, 3.05) is 13.7 Å². The summed E-state index contributed by atoms with van der Waals surface area (Å²) >= 11 is 0. The lowest BCUT2D eigenvalue weighted by Gasteiger charge is -2.64. The molecule has 0 aliphatic carbocycles. The summed E-state index contributed by atoms with van der Waals surface area (Å²) in [7, 11) is 1.27. The van der Waals surface area contributed by atoms with Crippen molar-refractivity contribution < 1.29 is 79.9 Å². The van der Waals surface area contributed by atoms with Gasteiger partial charge in [0.05, 0.1) is 19.8 Å². The van der Waals surface area contributed by atoms with Crippen LogP contribution in [0.3, 0.4) is 0 Å². The van der Waals surface area contributed by atoms with Crippen LogP contribution < -0.4 is 4.74 Å². The van der Waals surface area contributed by atoms with E-state index in [1.54, 1.807) is 0 Å². The zero-order valence-electron chi connectivity index (χ0n) is 24.9. The van der Waals surface area contributed by atoms with Crippen molar-refractivity contribution in [3.63, 3.8) is 0 Å². The largest absolute Gasteiger partial charge is 0.504 e. The summed E-state index contributed by atoms with van der Waals surface area (Å²) in [6, 6.07) is 7.14. The van der Waals surface area contributed by atoms with Crippen molar-refractivity contribution in [2.24, 2.45) is 0 Å². The molecule has 2 aliphatic heterocycles. The lowest BCUT2D eigenvalue weighted by atomic mass is 9.60. The van der Waals surface area contributed by atoms with Gasteiger partial charge in [-0.2, -0.15) is 0 Å². The maximum Gasteiger partial charge on any atom is 0.331 e. The highest BCUT2D eigenvalue weighted by atomic mass is 16.7. The molecule has 0 aromatic heterocycles. The predicted molar refractivity (Wildman–Crippen MR) is 153 cm³/mol. The topological polar surface area (TPSA) is 277 Å². The van der Waals surface area contributed by atoms with Crippen LogP contribution in [0, 0.1) is 0 Å². The summed E-state index contributed by atoms with van der Waals surface area (Å²) in [4.78, 5) is 13.3. The van der Waals surface area contributed by atoms with Crippen molar-refractivity contribution in [2.45, 2.75) is 79.7 Å². The smallest absolute Gasteiger partial charge is 0.331 e. The maximum atomic E-state index is 13.3. The van der Waals surface area contributed by atoms with E-state index in [1.807, 2.05) is 0 Å². The number of aliphatic hydroxyl groups excluding tert-OH is 6. The third kappa shape index (κ3) is 5.45. The number of phenols is 3. The molecule has 2 heterocycles. The summed E-state index contributed by atoms with van der Waals surface area (Å²) in [6.07, 6.45) is -13.7. The Bertz CT molecular complexity index is 1450. The van der Waals surface area contributed by atoms with Gasteiger partial charge in [0.25, 0.3) is 0 Å². The molecule has 11 atom stereocenters. The SMILES string of the molecule is COc1ccc(C(C)C2(O)O[C@H](CO)[C@@H](O)[C@H](O)[C@@]2(O)[C@@]2(OC(=O)/C=C/c3ccc(O)c(O)c3)C(O)O[C@@H](C)[C@H](O)[C@H]2O)cc1O. The normalized spacial score (nSPS) is 37.2. The minimum atomic E-state index is -3.71. The fourth-order valence-electron chi connectivity index (χ4n) is 6.00. The average Bonchev–Trinajstić information content (AvgIpc) is 3.02. The van der Waals surface area contributed by atoms with Crippen molar-refractivity contribution >= 4 is 12.0 Å². The van der Waals surface area contributed by atoms with E-state index in [1.165, 1.54) is 39.2 Å². The number of aliphatic hydroxyl groups is 8. The van der Waals surface area contributed by atoms with E-state index in [0.29, 0.717) is 6.08 Å². The number of aromatic hydroxyl groups is 3. The molecule has 2 aromatic carbocycles. The van der Waals surface area contributed by atoms with Crippen LogP contribution in [0.2, 0.25) is 0 Å². The molecule has 16 heteroatoms. The highest BCUT2D eigenvalue weighted by molar-refractivity contribution is 5.87. The van der Waals surface area contributed by atoms with E-state index >= 15 is 0 Å². The second kappa shape index (κ2) is 12.9. The first-order chi connectivity index (χ1) is 21.5. The van der Waals surface area contributed by atoms with Crippen LogP contribution in [-0.2, 0) is 19.0 Å². The fraction of sp³-hybridized carbons (Fsp3) is 0.500. The number of carbonyl (C=O) groups excluding carboxylic acids is 1. The van der Waals surface area contributed by atoms with Crippen molar-refractivity contribution in [3.05, 3.63) is 53.6 Å². The minimum absolute atomic E-state index is 0.00854. The Kier molecular flexibility index (Phi) is 9.92. The molecule has 0 radical (unpaired) electrons. The standard InChI is InChI=1S/C30H38O16/c1-13(16-6-8-20(43-3)19(34)11-16)30(42)29(41,26(39)24(37)21(12-31)45-30)28(25(38)23(36)14(2)44-27(28)40)46-22(35)9-5-15-4-7-17(32)18(33)10-15/h4-11,13-14,21,23-27,31-34,36-42H,12H2,1-3H3/b9-5+/t13?,14-,21+,23-,24+,25+,26-,27?,28-,29+,30?/m0/s1. The first kappa shape index (κ1) is 35.3. The molecule has 46 heavy (non-hydrogen) atoms. The van der Waals surface area contributed by atoms with Gasteiger partial charge in [0, 0.05) is 12.0 Å². The number of benzene rings is 2. The highest BCUT2D eigenvalue weighted by Crippen LogP contribution is 2.55. The Balaban J connectivity index is 1.93. The van der Waals surface area contributed by atoms with E-state index in [4.69, 9.17) is 18.9 Å². The Morgan fingerprint density at radius 2 is 1.63 bits per heavy atom. The Labute approximate surface area is 262 Å². The van der Waals surface area contributed by atoms with E-state index in [-0.39, 0.29) is 16.9 Å². The van der Waals surface area contributed by atoms with E-state index < -0.39 is 95.6 Å². The van der Waals surface area contributed by atoms with Gasteiger partial charge in [-0.15, -0.1) is 0 Å². The number of methoxy groups -OCH3 is 1. The maximum absolute atomic E-state index is 13.3. The van der Waals surface area contributed by atoms with Gasteiger partial charge in [-0.3, -0.25) is 0 Å². The first-order valence-electron chi connectivity index (χ1n) is 14.1. The zero-order valence-corrected chi connectivity index (χ0v) is 24.9. The van der Waals surface area contributed by atoms with Gasteiger partial charge in [0.1, 0.15) is 30.5 Å². The summed E-state index contributed by atoms with van der Waals surface area (Å²) in [6.45, 7) is 1.39. The molecule has 11 N–H and O–H groups in total. The Morgan fingerprint density at radius 1 is 0.957 bits per heavy atom. The molecular weight excluding hydrogens is 616 g/mol. The van der Waals surface area contributed by atoms with Gasteiger partial charge in [-0.05, 0) is 48.4 Å². The number of rotatable bonds is 8. The van der Waals surface area contributed by atoms with E-state index in [9.17, 15) is 61.0 Å². The summed E-state index contributed by atoms with van der Waals surface area (Å²) in [5.41, 5.74) is -7.06. The molecule has 254 valence electrons. The monoisotopic (exact) mass is 654 g/mol. The van der Waals surface area contributed by atoms with E-state index in [0.717, 1.165) is 24.3 Å². The molecule has 0 spiro atoms. The van der Waals surface area contributed by atoms with Gasteiger partial charge in [-0.25, -0.2) is 4.79 Å². The molecule has 16 nitrogen and oxygen atoms in total. The van der Waals surface area contributed by atoms with Crippen molar-refractivity contribution in [1.82, 2.24) is 0 Å². The van der Waals surface area contributed by atoms with Crippen LogP contribution in [0.1, 0.15) is 30.9 Å². The molecule has 2 fully saturated rings. The number of phenolic OH excluding ortho intramolecular Hbond substituents is 3. The van der Waals surface area contributed by atoms with Crippen molar-refractivity contribution in [1.29, 1.82) is 0 Å². The number of ether oxygens (including phenoxy) is 4. The lowest BCUT2D eigenvalue weighted by molar-refractivity contribution is -0.467. The molecule has 2 saturated heterocycles. The third-order valence-corrected chi connectivity index (χ3v) is 8.71. The number of hydrogen-bond donors (Lipinski definition) is 11. The third-order valence-electron chi connectivity index (χ3n) is 8.71. The van der Waals surface area contributed by atoms with Crippen LogP contribution in [0.5, 0.6) is 23.0 Å². The molecule has 2 aromatic rings. The summed E-state index contributed by atoms with van der Waals surface area (Å²) < 4.78 is 21.4. The molecule has 0 bridgehead atoms. The first-order valence-corrected chi connectivity index (χ1v) is 14.1. The highest BCUT2D eigenvalue weighted by Gasteiger charge is 2.81. The van der Waals surface area contributed by atoms with Gasteiger partial charge in [-0.1, -0.05) is 19.1 Å². The molecule has 0 saturated carbocycles. The molecular formula is C30H38O16. The predicted octanol–water partition coefficient (Wildman–Crippen LogP) is -2.10. The quantitative estimate of drug-likeness (QED) is 0.0826. The fourth-order valence-corrected chi connectivity index (χ4v) is 6.00. The van der Waals surface area contributed by atoms with Crippen LogP contribution in [-0.4, -0.2) is 136 Å². The minimum Gasteiger partial charge on any atom is -0.504 e. The summed E-state index contributed by atoms with van der Waals surface area (Å²) in [5, 5.41) is 121. The Hall–Kier alpha value is -3.55. The lowest BCUT2D eigenvalue weighted by Crippen LogP contribution is -2.89. The number of carbonyl (C=O) groups is 1. The Morgan fingerprint density at radius 3 is 2.22 bits per heavy atom. The number of esters is 1. The van der Waals surface area contributed by atoms with E-state index in [2.05, 4.69) is 0 Å². The van der Waals surface area contributed by atoms with Crippen molar-refractivity contribution in [3.8, 4) is 23.0 Å². The van der Waals surface area contributed by atoms with Gasteiger partial charge in [0.2, 0.25) is 17.7 Å². The second-order valence-electron chi connectivity index (χ2n) is 11.3. The zero-order chi connectivity index (χ0) is 34.4. The summed E-state index contributed by atoms with van der Waals surface area (Å²) in [5.74, 6) is -7.86. The average molecular weight is 655 g/mol. The molecule has 3 unspecified atom stereocenters.